The highest BCUT2D eigenvalue weighted by Crippen LogP contribution is 2.05. The summed E-state index contributed by atoms with van der Waals surface area (Å²) in [5, 5.41) is 8.63. The van der Waals surface area contributed by atoms with Gasteiger partial charge in [-0.05, 0) is 31.9 Å². The van der Waals surface area contributed by atoms with Gasteiger partial charge >= 0.3 is 0 Å². The van der Waals surface area contributed by atoms with Crippen molar-refractivity contribution in [2.45, 2.75) is 25.8 Å². The lowest BCUT2D eigenvalue weighted by molar-refractivity contribution is 0.649. The van der Waals surface area contributed by atoms with Crippen molar-refractivity contribution in [1.82, 2.24) is 15.0 Å². The van der Waals surface area contributed by atoms with E-state index in [0.29, 0.717) is 0 Å². The molecule has 2 rings (SSSR count). The molecule has 84 valence electrons. The smallest absolute Gasteiger partial charge is 0.0856 e. The van der Waals surface area contributed by atoms with Crippen LogP contribution in [0.15, 0.2) is 36.5 Å². The Morgan fingerprint density at radius 3 is 2.75 bits per heavy atom. The standard InChI is InChI=1S/C12H16N4/c1-10(13)7-8-11-9-14-16(15-11)12-5-3-2-4-6-12/h2-6,9-10H,7-8,13H2,1H3. The normalized spacial score (nSPS) is 12.6. The van der Waals surface area contributed by atoms with Crippen molar-refractivity contribution in [3.63, 3.8) is 0 Å². The molecule has 0 spiro atoms. The van der Waals surface area contributed by atoms with Gasteiger partial charge in [0, 0.05) is 6.04 Å². The number of aryl methyl sites for hydroxylation is 1. The number of nitrogens with zero attached hydrogens (tertiary/aromatic N) is 3. The molecule has 0 saturated carbocycles. The second-order valence-corrected chi connectivity index (χ2v) is 3.98. The van der Waals surface area contributed by atoms with Crippen molar-refractivity contribution >= 4 is 0 Å². The number of nitrogens with two attached hydrogens (primary N) is 1. The maximum absolute atomic E-state index is 5.70. The number of rotatable bonds is 4. The summed E-state index contributed by atoms with van der Waals surface area (Å²) in [5.41, 5.74) is 7.67. The van der Waals surface area contributed by atoms with Crippen molar-refractivity contribution in [2.24, 2.45) is 5.73 Å². The van der Waals surface area contributed by atoms with Gasteiger partial charge in [0.05, 0.1) is 17.6 Å². The predicted octanol–water partition coefficient (Wildman–Crippen LogP) is 1.55. The van der Waals surface area contributed by atoms with Crippen LogP contribution in [0, 0.1) is 0 Å². The topological polar surface area (TPSA) is 56.7 Å². The first-order valence-electron chi connectivity index (χ1n) is 5.48. The summed E-state index contributed by atoms with van der Waals surface area (Å²) in [5.74, 6) is 0. The van der Waals surface area contributed by atoms with E-state index in [-0.39, 0.29) is 6.04 Å². The van der Waals surface area contributed by atoms with Crippen LogP contribution in [0.25, 0.3) is 5.69 Å². The van der Waals surface area contributed by atoms with Gasteiger partial charge in [-0.1, -0.05) is 18.2 Å². The largest absolute Gasteiger partial charge is 0.328 e. The van der Waals surface area contributed by atoms with E-state index in [9.17, 15) is 0 Å². The molecule has 1 aromatic heterocycles. The molecule has 16 heavy (non-hydrogen) atoms. The fourth-order valence-corrected chi connectivity index (χ4v) is 1.47. The Balaban J connectivity index is 2.08. The van der Waals surface area contributed by atoms with Crippen LogP contribution in [0.5, 0.6) is 0 Å². The fraction of sp³-hybridized carbons (Fsp3) is 0.333. The molecule has 0 fully saturated rings. The van der Waals surface area contributed by atoms with E-state index in [2.05, 4.69) is 10.2 Å². The molecule has 1 atom stereocenters. The van der Waals surface area contributed by atoms with E-state index in [1.807, 2.05) is 37.3 Å². The van der Waals surface area contributed by atoms with E-state index >= 15 is 0 Å². The minimum Gasteiger partial charge on any atom is -0.328 e. The Morgan fingerprint density at radius 2 is 2.06 bits per heavy atom. The summed E-state index contributed by atoms with van der Waals surface area (Å²) in [7, 11) is 0. The Bertz CT molecular complexity index is 433. The van der Waals surface area contributed by atoms with Gasteiger partial charge in [0.15, 0.2) is 0 Å². The molecule has 0 aliphatic heterocycles. The maximum atomic E-state index is 5.70. The zero-order valence-electron chi connectivity index (χ0n) is 9.37. The van der Waals surface area contributed by atoms with E-state index in [1.54, 1.807) is 11.0 Å². The average molecular weight is 216 g/mol. The zero-order chi connectivity index (χ0) is 11.4. The highest BCUT2D eigenvalue weighted by molar-refractivity contribution is 5.28. The zero-order valence-corrected chi connectivity index (χ0v) is 9.37. The van der Waals surface area contributed by atoms with Crippen molar-refractivity contribution in [3.8, 4) is 5.69 Å². The van der Waals surface area contributed by atoms with E-state index in [4.69, 9.17) is 5.73 Å². The van der Waals surface area contributed by atoms with Gasteiger partial charge < -0.3 is 5.73 Å². The molecule has 1 heterocycles. The first-order valence-corrected chi connectivity index (χ1v) is 5.48. The summed E-state index contributed by atoms with van der Waals surface area (Å²) in [6.45, 7) is 2.00. The molecule has 4 nitrogen and oxygen atoms in total. The van der Waals surface area contributed by atoms with Crippen LogP contribution >= 0.6 is 0 Å². The predicted molar refractivity (Wildman–Crippen MR) is 63.3 cm³/mol. The summed E-state index contributed by atoms with van der Waals surface area (Å²) in [6.07, 6.45) is 3.62. The minimum absolute atomic E-state index is 0.210. The number of para-hydroxylation sites is 1. The molecular weight excluding hydrogens is 200 g/mol. The van der Waals surface area contributed by atoms with Gasteiger partial charge in [0.2, 0.25) is 0 Å². The third-order valence-corrected chi connectivity index (χ3v) is 2.38. The molecule has 4 heteroatoms. The highest BCUT2D eigenvalue weighted by atomic mass is 15.5. The van der Waals surface area contributed by atoms with Crippen molar-refractivity contribution in [3.05, 3.63) is 42.2 Å². The van der Waals surface area contributed by atoms with Gasteiger partial charge in [-0.2, -0.15) is 15.0 Å². The van der Waals surface area contributed by atoms with Crippen LogP contribution in [0.1, 0.15) is 19.0 Å². The van der Waals surface area contributed by atoms with Gasteiger partial charge in [-0.25, -0.2) is 0 Å². The molecule has 0 radical (unpaired) electrons. The lowest BCUT2D eigenvalue weighted by Crippen LogP contribution is -2.15. The molecule has 1 unspecified atom stereocenters. The molecule has 2 aromatic rings. The molecular formula is C12H16N4. The monoisotopic (exact) mass is 216 g/mol. The quantitative estimate of drug-likeness (QED) is 0.843. The lowest BCUT2D eigenvalue weighted by Gasteiger charge is -2.01. The lowest BCUT2D eigenvalue weighted by atomic mass is 10.2. The van der Waals surface area contributed by atoms with Crippen LogP contribution in [-0.2, 0) is 6.42 Å². The van der Waals surface area contributed by atoms with Crippen LogP contribution in [0.3, 0.4) is 0 Å². The van der Waals surface area contributed by atoms with E-state index < -0.39 is 0 Å². The molecule has 1 aromatic carbocycles. The molecule has 2 N–H and O–H groups in total. The number of aromatic nitrogens is 3. The molecule has 0 saturated heterocycles. The molecule has 0 aliphatic rings. The van der Waals surface area contributed by atoms with E-state index in [1.165, 1.54) is 0 Å². The maximum Gasteiger partial charge on any atom is 0.0856 e. The van der Waals surface area contributed by atoms with Gasteiger partial charge in [-0.15, -0.1) is 0 Å². The molecule has 0 aliphatic carbocycles. The van der Waals surface area contributed by atoms with Crippen molar-refractivity contribution in [1.29, 1.82) is 0 Å². The molecule has 0 amide bonds. The first kappa shape index (κ1) is 10.8. The Hall–Kier alpha value is -1.68. The van der Waals surface area contributed by atoms with E-state index in [0.717, 1.165) is 24.2 Å². The third kappa shape index (κ3) is 2.67. The Labute approximate surface area is 95.1 Å². The number of hydrogen-bond acceptors (Lipinski definition) is 3. The Morgan fingerprint density at radius 1 is 1.31 bits per heavy atom. The number of hydrogen-bond donors (Lipinski definition) is 1. The minimum atomic E-state index is 0.210. The third-order valence-electron chi connectivity index (χ3n) is 2.38. The summed E-state index contributed by atoms with van der Waals surface area (Å²) < 4.78 is 0. The summed E-state index contributed by atoms with van der Waals surface area (Å²) in [6, 6.07) is 10.1. The second kappa shape index (κ2) is 4.90. The average Bonchev–Trinajstić information content (AvgIpc) is 2.76. The summed E-state index contributed by atoms with van der Waals surface area (Å²) >= 11 is 0. The van der Waals surface area contributed by atoms with Crippen LogP contribution in [0.4, 0.5) is 0 Å². The van der Waals surface area contributed by atoms with Crippen LogP contribution in [0.2, 0.25) is 0 Å². The SMILES string of the molecule is CC(N)CCc1cnn(-c2ccccc2)n1. The van der Waals surface area contributed by atoms with Crippen molar-refractivity contribution < 1.29 is 0 Å². The Kier molecular flexibility index (Phi) is 3.31. The van der Waals surface area contributed by atoms with Crippen LogP contribution < -0.4 is 5.73 Å². The second-order valence-electron chi connectivity index (χ2n) is 3.98. The van der Waals surface area contributed by atoms with Crippen molar-refractivity contribution in [2.75, 3.05) is 0 Å². The first-order chi connectivity index (χ1) is 7.75. The molecule has 0 bridgehead atoms. The number of benzene rings is 1. The van der Waals surface area contributed by atoms with Gasteiger partial charge in [0.1, 0.15) is 0 Å². The fourth-order valence-electron chi connectivity index (χ4n) is 1.47. The van der Waals surface area contributed by atoms with Crippen LogP contribution in [-0.4, -0.2) is 21.0 Å². The summed E-state index contributed by atoms with van der Waals surface area (Å²) in [4.78, 5) is 1.65. The van der Waals surface area contributed by atoms with Gasteiger partial charge in [-0.3, -0.25) is 0 Å². The van der Waals surface area contributed by atoms with Gasteiger partial charge in [0.25, 0.3) is 0 Å². The highest BCUT2D eigenvalue weighted by Gasteiger charge is 2.03.